The van der Waals surface area contributed by atoms with E-state index in [9.17, 15) is 9.90 Å². The van der Waals surface area contributed by atoms with E-state index in [-0.39, 0.29) is 17.1 Å². The van der Waals surface area contributed by atoms with Gasteiger partial charge in [0, 0.05) is 11.9 Å². The van der Waals surface area contributed by atoms with Crippen LogP contribution in [0.4, 0.5) is 17.3 Å². The first-order valence-electron chi connectivity index (χ1n) is 7.17. The van der Waals surface area contributed by atoms with Crippen molar-refractivity contribution < 1.29 is 9.90 Å². The van der Waals surface area contributed by atoms with Crippen molar-refractivity contribution >= 4 is 29.4 Å². The van der Waals surface area contributed by atoms with E-state index >= 15 is 0 Å². The lowest BCUT2D eigenvalue weighted by Gasteiger charge is -2.04. The summed E-state index contributed by atoms with van der Waals surface area (Å²) >= 11 is 0. The molecule has 120 valence electrons. The van der Waals surface area contributed by atoms with Gasteiger partial charge >= 0.3 is 0 Å². The second-order valence-corrected chi connectivity index (χ2v) is 5.00. The number of aromatic hydroxyl groups is 1. The summed E-state index contributed by atoms with van der Waals surface area (Å²) in [7, 11) is 0. The van der Waals surface area contributed by atoms with Crippen molar-refractivity contribution in [2.24, 2.45) is 10.7 Å². The molecule has 0 radical (unpaired) electrons. The highest BCUT2D eigenvalue weighted by Crippen LogP contribution is 2.26. The fourth-order valence-corrected chi connectivity index (χ4v) is 2.11. The van der Waals surface area contributed by atoms with Crippen LogP contribution in [0.2, 0.25) is 0 Å². The van der Waals surface area contributed by atoms with Crippen LogP contribution in [0.5, 0.6) is 5.75 Å². The first-order valence-corrected chi connectivity index (χ1v) is 7.17. The number of primary amides is 1. The number of nitrogens with zero attached hydrogens (tertiary/aromatic N) is 2. The van der Waals surface area contributed by atoms with Gasteiger partial charge in [0.2, 0.25) is 0 Å². The number of hydrogen-bond acceptors (Lipinski definition) is 5. The van der Waals surface area contributed by atoms with Crippen LogP contribution in [0, 0.1) is 0 Å². The molecule has 5 N–H and O–H groups in total. The Balaban J connectivity index is 1.88. The van der Waals surface area contributed by atoms with E-state index in [1.807, 2.05) is 30.3 Å². The third kappa shape index (κ3) is 3.41. The lowest BCUT2D eigenvalue weighted by atomic mass is 10.2. The number of phenols is 1. The predicted molar refractivity (Wildman–Crippen MR) is 92.2 cm³/mol. The Bertz CT molecular complexity index is 870. The molecule has 0 aliphatic carbocycles. The van der Waals surface area contributed by atoms with E-state index in [2.05, 4.69) is 20.5 Å². The number of amides is 1. The third-order valence-electron chi connectivity index (χ3n) is 3.27. The van der Waals surface area contributed by atoms with Gasteiger partial charge in [-0.3, -0.25) is 9.89 Å². The molecule has 0 bridgehead atoms. The normalized spacial score (nSPS) is 10.8. The number of nitrogens with two attached hydrogens (primary N) is 1. The Morgan fingerprint density at radius 2 is 1.88 bits per heavy atom. The summed E-state index contributed by atoms with van der Waals surface area (Å²) in [5.41, 5.74) is 7.17. The van der Waals surface area contributed by atoms with Crippen molar-refractivity contribution in [3.05, 3.63) is 65.7 Å². The number of hydrogen-bond donors (Lipinski definition) is 4. The zero-order valence-corrected chi connectivity index (χ0v) is 12.6. The van der Waals surface area contributed by atoms with Crippen LogP contribution in [-0.2, 0) is 0 Å². The van der Waals surface area contributed by atoms with E-state index in [0.717, 1.165) is 11.3 Å². The fraction of sp³-hybridized carbons (Fsp3) is 0. The molecule has 7 nitrogen and oxygen atoms in total. The molecule has 0 atom stereocenters. The average molecular weight is 321 g/mol. The maximum atomic E-state index is 11.8. The molecule has 2 aromatic carbocycles. The molecule has 0 unspecified atom stereocenters. The number of nitrogens with one attached hydrogen (secondary N) is 2. The zero-order chi connectivity index (χ0) is 16.9. The lowest BCUT2D eigenvalue weighted by Crippen LogP contribution is -2.12. The Kier molecular flexibility index (Phi) is 4.24. The molecule has 0 aliphatic heterocycles. The molecule has 1 aromatic heterocycles. The van der Waals surface area contributed by atoms with Gasteiger partial charge in [-0.2, -0.15) is 5.10 Å². The van der Waals surface area contributed by atoms with Gasteiger partial charge in [0.25, 0.3) is 5.91 Å². The van der Waals surface area contributed by atoms with Crippen LogP contribution in [0.15, 0.2) is 59.6 Å². The number of phenolic OH excluding ortho intramolecular Hbond substituents is 1. The molecule has 3 rings (SSSR count). The minimum absolute atomic E-state index is 0.166. The van der Waals surface area contributed by atoms with Crippen molar-refractivity contribution in [1.29, 1.82) is 0 Å². The average Bonchev–Trinajstić information content (AvgIpc) is 2.98. The number of rotatable bonds is 5. The van der Waals surface area contributed by atoms with Gasteiger partial charge in [-0.25, -0.2) is 4.99 Å². The highest BCUT2D eigenvalue weighted by molar-refractivity contribution is 6.03. The topological polar surface area (TPSA) is 116 Å². The summed E-state index contributed by atoms with van der Waals surface area (Å²) in [6.45, 7) is 0. The smallest absolute Gasteiger partial charge is 0.256 e. The van der Waals surface area contributed by atoms with Crippen molar-refractivity contribution in [3.8, 4) is 5.75 Å². The van der Waals surface area contributed by atoms with E-state index < -0.39 is 5.91 Å². The molecule has 0 saturated carbocycles. The van der Waals surface area contributed by atoms with Gasteiger partial charge in [-0.15, -0.1) is 0 Å². The van der Waals surface area contributed by atoms with Crippen LogP contribution >= 0.6 is 0 Å². The Hall–Kier alpha value is -3.61. The summed E-state index contributed by atoms with van der Waals surface area (Å²) in [5.74, 6) is 0.0969. The van der Waals surface area contributed by atoms with Crippen molar-refractivity contribution in [3.63, 3.8) is 0 Å². The van der Waals surface area contributed by atoms with Crippen LogP contribution in [0.1, 0.15) is 15.9 Å². The molecule has 1 amide bonds. The summed E-state index contributed by atoms with van der Waals surface area (Å²) in [6, 6.07) is 15.8. The number of aliphatic imine (C=N–C) groups is 1. The van der Waals surface area contributed by atoms with E-state index in [1.54, 1.807) is 24.3 Å². The second-order valence-electron chi connectivity index (χ2n) is 5.00. The zero-order valence-electron chi connectivity index (χ0n) is 12.6. The first-order chi connectivity index (χ1) is 11.6. The molecule has 0 spiro atoms. The molecule has 1 heterocycles. The quantitative estimate of drug-likeness (QED) is 0.540. The molecule has 24 heavy (non-hydrogen) atoms. The SMILES string of the molecule is NC(=O)c1c(N=Cc2ccc(O)cc2)n[nH]c1Nc1ccccc1. The minimum atomic E-state index is -0.639. The van der Waals surface area contributed by atoms with Crippen LogP contribution in [0.3, 0.4) is 0 Å². The Morgan fingerprint density at radius 3 is 2.54 bits per heavy atom. The van der Waals surface area contributed by atoms with Gasteiger partial charge < -0.3 is 16.2 Å². The number of aromatic nitrogens is 2. The summed E-state index contributed by atoms with van der Waals surface area (Å²) < 4.78 is 0. The number of carbonyl (C=O) groups is 1. The summed E-state index contributed by atoms with van der Waals surface area (Å²) in [4.78, 5) is 16.0. The molecule has 0 aliphatic rings. The van der Waals surface area contributed by atoms with Crippen LogP contribution < -0.4 is 11.1 Å². The molecule has 0 fully saturated rings. The van der Waals surface area contributed by atoms with E-state index in [1.165, 1.54) is 6.21 Å². The van der Waals surface area contributed by atoms with Gasteiger partial charge in [0.15, 0.2) is 5.82 Å². The monoisotopic (exact) mass is 321 g/mol. The maximum Gasteiger partial charge on any atom is 0.256 e. The number of aromatic amines is 1. The Labute approximate surface area is 137 Å². The summed E-state index contributed by atoms with van der Waals surface area (Å²) in [5, 5.41) is 19.1. The molecule has 7 heteroatoms. The fourth-order valence-electron chi connectivity index (χ4n) is 2.11. The molecule has 0 saturated heterocycles. The van der Waals surface area contributed by atoms with Crippen molar-refractivity contribution in [2.75, 3.05) is 5.32 Å². The predicted octanol–water partition coefficient (Wildman–Crippen LogP) is 2.71. The van der Waals surface area contributed by atoms with E-state index in [4.69, 9.17) is 5.73 Å². The molecular formula is C17H15N5O2. The third-order valence-corrected chi connectivity index (χ3v) is 3.27. The number of benzene rings is 2. The molecule has 3 aromatic rings. The van der Waals surface area contributed by atoms with E-state index in [0.29, 0.717) is 5.82 Å². The van der Waals surface area contributed by atoms with Gasteiger partial charge in [0.05, 0.1) is 0 Å². The number of H-pyrrole nitrogens is 1. The van der Waals surface area contributed by atoms with Gasteiger partial charge in [-0.05, 0) is 42.0 Å². The maximum absolute atomic E-state index is 11.8. The standard InChI is InChI=1S/C17H15N5O2/c18-15(24)14-16(19-10-11-6-8-13(23)9-7-11)21-22-17(14)20-12-4-2-1-3-5-12/h1-10,23H,(H2,18,24)(H2,20,21,22). The van der Waals surface area contributed by atoms with Gasteiger partial charge in [-0.1, -0.05) is 18.2 Å². The minimum Gasteiger partial charge on any atom is -0.508 e. The van der Waals surface area contributed by atoms with Crippen molar-refractivity contribution in [2.45, 2.75) is 0 Å². The number of anilines is 2. The first kappa shape index (κ1) is 15.3. The number of para-hydroxylation sites is 1. The highest BCUT2D eigenvalue weighted by atomic mass is 16.3. The van der Waals surface area contributed by atoms with Crippen molar-refractivity contribution in [1.82, 2.24) is 10.2 Å². The second kappa shape index (κ2) is 6.66. The van der Waals surface area contributed by atoms with Crippen LogP contribution in [0.25, 0.3) is 0 Å². The Morgan fingerprint density at radius 1 is 1.17 bits per heavy atom. The van der Waals surface area contributed by atoms with Gasteiger partial charge in [0.1, 0.15) is 17.1 Å². The largest absolute Gasteiger partial charge is 0.508 e. The van der Waals surface area contributed by atoms with Crippen LogP contribution in [-0.4, -0.2) is 27.4 Å². The number of carbonyl (C=O) groups excluding carboxylic acids is 1. The summed E-state index contributed by atoms with van der Waals surface area (Å²) in [6.07, 6.45) is 1.54. The molecular weight excluding hydrogens is 306 g/mol. The lowest BCUT2D eigenvalue weighted by molar-refractivity contribution is 0.100. The highest BCUT2D eigenvalue weighted by Gasteiger charge is 2.17.